The molecule has 11 nitrogen and oxygen atoms in total. The van der Waals surface area contributed by atoms with E-state index < -0.39 is 23.6 Å². The Labute approximate surface area is 273 Å². The second-order valence-electron chi connectivity index (χ2n) is 10.4. The number of halogens is 1. The van der Waals surface area contributed by atoms with E-state index in [1.54, 1.807) is 41.0 Å². The fourth-order valence-corrected chi connectivity index (χ4v) is 5.02. The molecule has 2 aromatic carbocycles. The fourth-order valence-electron chi connectivity index (χ4n) is 4.78. The van der Waals surface area contributed by atoms with Crippen molar-refractivity contribution < 1.29 is 28.8 Å². The molecule has 242 valence electrons. The molecule has 1 heterocycles. The van der Waals surface area contributed by atoms with Crippen LogP contribution in [0, 0.1) is 6.92 Å². The smallest absolute Gasteiger partial charge is 0.274 e. The summed E-state index contributed by atoms with van der Waals surface area (Å²) in [4.78, 5) is 68.0. The summed E-state index contributed by atoms with van der Waals surface area (Å²) < 4.78 is 1.68. The molecule has 3 N–H and O–H groups in total. The van der Waals surface area contributed by atoms with Crippen LogP contribution in [0.5, 0.6) is 5.75 Å². The van der Waals surface area contributed by atoms with Gasteiger partial charge in [0.05, 0.1) is 37.4 Å². The van der Waals surface area contributed by atoms with Crippen molar-refractivity contribution in [3.05, 3.63) is 64.3 Å². The topological polar surface area (TPSA) is 139 Å². The molecule has 4 amide bonds. The number of aryl methyl sites for hydroxylation is 1. The first-order valence-corrected chi connectivity index (χ1v) is 15.9. The lowest BCUT2D eigenvalue weighted by Crippen LogP contribution is -2.46. The number of nitrogens with one attached hydrogen (secondary N) is 3. The predicted molar refractivity (Wildman–Crippen MR) is 177 cm³/mol. The predicted octanol–water partition coefficient (Wildman–Crippen LogP) is 3.84. The molecule has 45 heavy (non-hydrogen) atoms. The van der Waals surface area contributed by atoms with Crippen molar-refractivity contribution in [2.45, 2.75) is 52.9 Å². The molecule has 0 atom stereocenters. The van der Waals surface area contributed by atoms with Crippen LogP contribution in [0.4, 0.5) is 0 Å². The van der Waals surface area contributed by atoms with E-state index in [1.165, 1.54) is 5.06 Å². The minimum atomic E-state index is -0.570. The molecule has 0 saturated heterocycles. The lowest BCUT2D eigenvalue weighted by atomic mass is 10.1. The molecular weight excluding hydrogens is 618 g/mol. The van der Waals surface area contributed by atoms with Gasteiger partial charge in [0.15, 0.2) is 5.75 Å². The zero-order valence-electron chi connectivity index (χ0n) is 25.8. The van der Waals surface area contributed by atoms with Gasteiger partial charge >= 0.3 is 0 Å². The highest BCUT2D eigenvalue weighted by atomic mass is 35.5. The highest BCUT2D eigenvalue weighted by Gasteiger charge is 2.22. The van der Waals surface area contributed by atoms with E-state index in [0.717, 1.165) is 41.4 Å². The van der Waals surface area contributed by atoms with Crippen molar-refractivity contribution in [2.24, 2.45) is 0 Å². The van der Waals surface area contributed by atoms with Crippen molar-refractivity contribution in [1.29, 1.82) is 0 Å². The second kappa shape index (κ2) is 17.5. The maximum atomic E-state index is 13.5. The molecule has 0 aliphatic heterocycles. The number of thiol groups is 1. The Morgan fingerprint density at radius 1 is 0.867 bits per heavy atom. The average Bonchev–Trinajstić information content (AvgIpc) is 3.32. The molecule has 13 heteroatoms. The van der Waals surface area contributed by atoms with Gasteiger partial charge in [-0.05, 0) is 67.8 Å². The molecular formula is C32H40ClN5O6S. The van der Waals surface area contributed by atoms with E-state index in [2.05, 4.69) is 35.5 Å². The van der Waals surface area contributed by atoms with Crippen molar-refractivity contribution in [1.82, 2.24) is 25.6 Å². The van der Waals surface area contributed by atoms with Gasteiger partial charge in [-0.3, -0.25) is 28.5 Å². The number of hydroxylamine groups is 2. The number of carbonyl (C=O) groups is 5. The number of unbranched alkanes of at least 4 members (excludes halogenated alkanes) is 3. The first kappa shape index (κ1) is 35.4. The molecule has 0 bridgehead atoms. The fraction of sp³-hybridized carbons (Fsp3) is 0.406. The largest absolute Gasteiger partial charge is 0.377 e. The highest BCUT2D eigenvalue weighted by molar-refractivity contribution is 7.81. The van der Waals surface area contributed by atoms with Gasteiger partial charge in [-0.25, -0.2) is 0 Å². The quantitative estimate of drug-likeness (QED) is 0.105. The van der Waals surface area contributed by atoms with Gasteiger partial charge < -0.3 is 20.8 Å². The van der Waals surface area contributed by atoms with E-state index >= 15 is 0 Å². The number of hydrogen-bond acceptors (Lipinski definition) is 7. The summed E-state index contributed by atoms with van der Waals surface area (Å²) in [5, 5.41) is 9.84. The Balaban J connectivity index is 1.73. The highest BCUT2D eigenvalue weighted by Crippen LogP contribution is 2.31. The number of nitrogens with zero attached hydrogens (tertiary/aromatic N) is 2. The van der Waals surface area contributed by atoms with Gasteiger partial charge in [0.2, 0.25) is 17.7 Å². The molecule has 0 saturated carbocycles. The molecule has 0 radical (unpaired) electrons. The Bertz CT molecular complexity index is 1520. The van der Waals surface area contributed by atoms with E-state index in [1.807, 2.05) is 19.9 Å². The van der Waals surface area contributed by atoms with Crippen LogP contribution in [0.15, 0.2) is 42.5 Å². The molecule has 3 rings (SSSR count). The van der Waals surface area contributed by atoms with E-state index in [0.29, 0.717) is 35.7 Å². The summed E-state index contributed by atoms with van der Waals surface area (Å²) >= 11 is 9.83. The Morgan fingerprint density at radius 2 is 1.51 bits per heavy atom. The Hall–Kier alpha value is -4.03. The van der Waals surface area contributed by atoms with Gasteiger partial charge in [-0.15, -0.1) is 0 Å². The maximum Gasteiger partial charge on any atom is 0.274 e. The maximum absolute atomic E-state index is 13.5. The number of hydrogen-bond donors (Lipinski definition) is 4. The first-order chi connectivity index (χ1) is 21.6. The first-order valence-electron chi connectivity index (χ1n) is 14.9. The van der Waals surface area contributed by atoms with Crippen molar-refractivity contribution >= 4 is 64.7 Å². The van der Waals surface area contributed by atoms with Crippen LogP contribution >= 0.6 is 24.2 Å². The lowest BCUT2D eigenvalue weighted by molar-refractivity contribution is -0.157. The third-order valence-corrected chi connectivity index (χ3v) is 7.67. The zero-order valence-corrected chi connectivity index (χ0v) is 27.4. The van der Waals surface area contributed by atoms with Gasteiger partial charge in [-0.2, -0.15) is 17.7 Å². The summed E-state index contributed by atoms with van der Waals surface area (Å²) in [7, 11) is 0. The van der Waals surface area contributed by atoms with Gasteiger partial charge in [0.1, 0.15) is 0 Å². The molecule has 3 aromatic rings. The third kappa shape index (κ3) is 9.98. The van der Waals surface area contributed by atoms with Crippen LogP contribution in [0.1, 0.15) is 61.1 Å². The monoisotopic (exact) mass is 657 g/mol. The minimum absolute atomic E-state index is 0.0586. The normalized spacial score (nSPS) is 10.8. The standard InChI is InChI=1S/C32H40ClN5O6S/c1-4-6-7-8-15-37(31(42)19-36-29(40)17-34-28(39)18-35-30(41)20-45)44-24-13-14-27-26(16-24)25(5-2)21(3)38(27)32(43)22-9-11-23(33)12-10-22/h9-14,16,45H,4-8,15,17-20H2,1-3H3,(H,34,39)(H,35,41)(H,36,40). The van der Waals surface area contributed by atoms with E-state index in [4.69, 9.17) is 16.4 Å². The Morgan fingerprint density at radius 3 is 2.13 bits per heavy atom. The van der Waals surface area contributed by atoms with Crippen LogP contribution in [0.2, 0.25) is 5.02 Å². The number of benzene rings is 2. The minimum Gasteiger partial charge on any atom is -0.377 e. The number of fused-ring (bicyclic) bond motifs is 1. The van der Waals surface area contributed by atoms with Crippen LogP contribution in [-0.2, 0) is 25.6 Å². The van der Waals surface area contributed by atoms with Crippen LogP contribution < -0.4 is 20.8 Å². The van der Waals surface area contributed by atoms with Crippen molar-refractivity contribution in [3.8, 4) is 5.75 Å². The summed E-state index contributed by atoms with van der Waals surface area (Å²) in [5.41, 5.74) is 3.03. The molecule has 0 aliphatic rings. The number of amides is 4. The van der Waals surface area contributed by atoms with Crippen molar-refractivity contribution in [2.75, 3.05) is 31.9 Å². The second-order valence-corrected chi connectivity index (χ2v) is 11.1. The summed E-state index contributed by atoms with van der Waals surface area (Å²) in [6.07, 6.45) is 4.31. The average molecular weight is 658 g/mol. The molecule has 1 aromatic heterocycles. The molecule has 0 fully saturated rings. The SMILES string of the molecule is CCCCCCN(Oc1ccc2c(c1)c(CC)c(C)n2C(=O)c1ccc(Cl)cc1)C(=O)CNC(=O)CNC(=O)CNC(=O)CS. The molecule has 0 spiro atoms. The van der Waals surface area contributed by atoms with Crippen LogP contribution in [0.25, 0.3) is 10.9 Å². The van der Waals surface area contributed by atoms with Crippen molar-refractivity contribution in [3.63, 3.8) is 0 Å². The number of aromatic nitrogens is 1. The summed E-state index contributed by atoms with van der Waals surface area (Å²) in [6, 6.07) is 12.1. The van der Waals surface area contributed by atoms with Gasteiger partial charge in [-0.1, -0.05) is 44.7 Å². The van der Waals surface area contributed by atoms with E-state index in [-0.39, 0.29) is 31.3 Å². The lowest BCUT2D eigenvalue weighted by Gasteiger charge is -2.23. The van der Waals surface area contributed by atoms with Gasteiger partial charge in [0, 0.05) is 21.7 Å². The summed E-state index contributed by atoms with van der Waals surface area (Å²) in [5.74, 6) is -1.81. The number of rotatable bonds is 16. The van der Waals surface area contributed by atoms with E-state index in [9.17, 15) is 24.0 Å². The third-order valence-electron chi connectivity index (χ3n) is 7.14. The number of carbonyl (C=O) groups excluding carboxylic acids is 5. The Kier molecular flexibility index (Phi) is 13.8. The van der Waals surface area contributed by atoms with Gasteiger partial charge in [0.25, 0.3) is 11.8 Å². The molecule has 0 aliphatic carbocycles. The summed E-state index contributed by atoms with van der Waals surface area (Å²) in [6.45, 7) is 5.33. The zero-order chi connectivity index (χ0) is 32.9. The van der Waals surface area contributed by atoms with Crippen LogP contribution in [0.3, 0.4) is 0 Å². The molecule has 0 unspecified atom stereocenters. The van der Waals surface area contributed by atoms with Crippen LogP contribution in [-0.4, -0.2) is 71.1 Å².